The summed E-state index contributed by atoms with van der Waals surface area (Å²) in [5, 5.41) is 0.323. The Morgan fingerprint density at radius 3 is 2.60 bits per heavy atom. The fraction of sp³-hybridized carbons (Fsp3) is 0.200. The van der Waals surface area contributed by atoms with E-state index in [0.29, 0.717) is 17.0 Å². The van der Waals surface area contributed by atoms with Gasteiger partial charge >= 0.3 is 0 Å². The Labute approximate surface area is 121 Å². The molecule has 0 amide bonds. The van der Waals surface area contributed by atoms with Crippen LogP contribution in [-0.4, -0.2) is 0 Å². The van der Waals surface area contributed by atoms with E-state index in [1.807, 2.05) is 6.92 Å². The zero-order valence-electron chi connectivity index (χ0n) is 11.0. The molecule has 0 saturated carbocycles. The summed E-state index contributed by atoms with van der Waals surface area (Å²) in [7, 11) is 0. The van der Waals surface area contributed by atoms with Gasteiger partial charge in [0.25, 0.3) is 0 Å². The van der Waals surface area contributed by atoms with Crippen molar-refractivity contribution in [3.05, 3.63) is 69.7 Å². The lowest BCUT2D eigenvalue weighted by atomic mass is 9.96. The monoisotopic (exact) mass is 296 g/mol. The van der Waals surface area contributed by atoms with E-state index >= 15 is 0 Å². The van der Waals surface area contributed by atoms with Crippen molar-refractivity contribution in [1.82, 2.24) is 5.43 Å². The van der Waals surface area contributed by atoms with Crippen molar-refractivity contribution in [2.75, 3.05) is 0 Å². The van der Waals surface area contributed by atoms with Crippen molar-refractivity contribution in [3.63, 3.8) is 0 Å². The lowest BCUT2D eigenvalue weighted by molar-refractivity contribution is 0.508. The van der Waals surface area contributed by atoms with E-state index in [0.717, 1.165) is 11.1 Å². The average Bonchev–Trinajstić information content (AvgIpc) is 2.40. The van der Waals surface area contributed by atoms with Crippen LogP contribution >= 0.6 is 11.6 Å². The summed E-state index contributed by atoms with van der Waals surface area (Å²) in [5.41, 5.74) is 4.68. The van der Waals surface area contributed by atoms with Crippen LogP contribution < -0.4 is 11.3 Å². The molecule has 2 aromatic carbocycles. The lowest BCUT2D eigenvalue weighted by Gasteiger charge is -2.18. The summed E-state index contributed by atoms with van der Waals surface area (Å²) in [6, 6.07) is 8.49. The molecule has 0 aliphatic heterocycles. The molecule has 3 N–H and O–H groups in total. The van der Waals surface area contributed by atoms with Gasteiger partial charge in [0.1, 0.15) is 11.6 Å². The second-order valence-electron chi connectivity index (χ2n) is 4.66. The maximum atomic E-state index is 13.9. The van der Waals surface area contributed by atoms with Gasteiger partial charge < -0.3 is 0 Å². The highest BCUT2D eigenvalue weighted by Crippen LogP contribution is 2.24. The third-order valence-corrected chi connectivity index (χ3v) is 3.51. The normalized spacial score (nSPS) is 12.4. The molecule has 20 heavy (non-hydrogen) atoms. The number of hydrazine groups is 1. The van der Waals surface area contributed by atoms with Gasteiger partial charge in [0.05, 0.1) is 6.04 Å². The molecule has 0 radical (unpaired) electrons. The molecule has 0 aliphatic carbocycles. The fourth-order valence-corrected chi connectivity index (χ4v) is 2.28. The van der Waals surface area contributed by atoms with Crippen LogP contribution in [0.5, 0.6) is 0 Å². The largest absolute Gasteiger partial charge is 0.271 e. The molecular formula is C15H15ClF2N2. The van der Waals surface area contributed by atoms with Crippen LogP contribution in [0.15, 0.2) is 36.4 Å². The molecule has 0 fully saturated rings. The van der Waals surface area contributed by atoms with Crippen LogP contribution in [0.1, 0.15) is 22.7 Å². The summed E-state index contributed by atoms with van der Waals surface area (Å²) >= 11 is 5.73. The molecule has 0 heterocycles. The first-order valence-corrected chi connectivity index (χ1v) is 6.55. The maximum absolute atomic E-state index is 13.9. The topological polar surface area (TPSA) is 38.0 Å². The van der Waals surface area contributed by atoms with E-state index in [1.165, 1.54) is 18.2 Å². The highest BCUT2D eigenvalue weighted by Gasteiger charge is 2.16. The Morgan fingerprint density at radius 2 is 1.95 bits per heavy atom. The molecule has 2 nitrogen and oxygen atoms in total. The number of hydrogen-bond donors (Lipinski definition) is 2. The van der Waals surface area contributed by atoms with Crippen LogP contribution in [0.25, 0.3) is 0 Å². The van der Waals surface area contributed by atoms with Gasteiger partial charge in [0.2, 0.25) is 0 Å². The summed E-state index contributed by atoms with van der Waals surface area (Å²) in [5.74, 6) is 4.75. The zero-order chi connectivity index (χ0) is 14.7. The third kappa shape index (κ3) is 3.33. The number of nitrogens with one attached hydrogen (secondary N) is 1. The zero-order valence-corrected chi connectivity index (χ0v) is 11.7. The first kappa shape index (κ1) is 14.9. The molecule has 2 rings (SSSR count). The Morgan fingerprint density at radius 1 is 1.20 bits per heavy atom. The molecule has 0 saturated heterocycles. The maximum Gasteiger partial charge on any atom is 0.129 e. The van der Waals surface area contributed by atoms with Crippen molar-refractivity contribution < 1.29 is 8.78 Å². The minimum Gasteiger partial charge on any atom is -0.271 e. The lowest BCUT2D eigenvalue weighted by Crippen LogP contribution is -2.30. The average molecular weight is 297 g/mol. The van der Waals surface area contributed by atoms with Crippen LogP contribution in [0.4, 0.5) is 8.78 Å². The Hall–Kier alpha value is -1.49. The van der Waals surface area contributed by atoms with Gasteiger partial charge in [-0.1, -0.05) is 23.7 Å². The molecule has 0 bridgehead atoms. The van der Waals surface area contributed by atoms with E-state index in [9.17, 15) is 8.78 Å². The molecule has 0 spiro atoms. The van der Waals surface area contributed by atoms with Gasteiger partial charge in [-0.25, -0.2) is 8.78 Å². The summed E-state index contributed by atoms with van der Waals surface area (Å²) in [4.78, 5) is 0. The Kier molecular flexibility index (Phi) is 4.70. The highest BCUT2D eigenvalue weighted by atomic mass is 35.5. The molecular weight excluding hydrogens is 282 g/mol. The van der Waals surface area contributed by atoms with Crippen LogP contribution in [-0.2, 0) is 6.42 Å². The SMILES string of the molecule is Cc1ccc(F)cc1CC(NN)c1ccc(Cl)cc1F. The van der Waals surface area contributed by atoms with E-state index in [1.54, 1.807) is 18.2 Å². The van der Waals surface area contributed by atoms with E-state index < -0.39 is 11.9 Å². The summed E-state index contributed by atoms with van der Waals surface area (Å²) < 4.78 is 27.2. The van der Waals surface area contributed by atoms with E-state index in [-0.39, 0.29) is 5.82 Å². The number of benzene rings is 2. The van der Waals surface area contributed by atoms with Gasteiger partial charge in [-0.05, 0) is 48.7 Å². The quantitative estimate of drug-likeness (QED) is 0.667. The first-order valence-electron chi connectivity index (χ1n) is 6.17. The fourth-order valence-electron chi connectivity index (χ4n) is 2.12. The number of aryl methyl sites for hydroxylation is 1. The van der Waals surface area contributed by atoms with Gasteiger partial charge in [0.15, 0.2) is 0 Å². The van der Waals surface area contributed by atoms with Crippen molar-refractivity contribution >= 4 is 11.6 Å². The number of rotatable bonds is 4. The number of nitrogens with two attached hydrogens (primary N) is 1. The van der Waals surface area contributed by atoms with Crippen LogP contribution in [0.3, 0.4) is 0 Å². The van der Waals surface area contributed by atoms with Crippen molar-refractivity contribution in [2.24, 2.45) is 5.84 Å². The summed E-state index contributed by atoms with van der Waals surface area (Å²) in [6.45, 7) is 1.88. The van der Waals surface area contributed by atoms with Crippen molar-refractivity contribution in [1.29, 1.82) is 0 Å². The molecule has 1 atom stereocenters. The molecule has 5 heteroatoms. The van der Waals surface area contributed by atoms with Crippen molar-refractivity contribution in [3.8, 4) is 0 Å². The molecule has 106 valence electrons. The highest BCUT2D eigenvalue weighted by molar-refractivity contribution is 6.30. The predicted molar refractivity (Wildman–Crippen MR) is 76.3 cm³/mol. The predicted octanol–water partition coefficient (Wildman–Crippen LogP) is 3.67. The van der Waals surface area contributed by atoms with Crippen LogP contribution in [0.2, 0.25) is 5.02 Å². The standard InChI is InChI=1S/C15H15ClF2N2/c1-9-2-4-12(17)6-10(9)7-15(20-19)13-5-3-11(16)8-14(13)18/h2-6,8,15,20H,7,19H2,1H3. The smallest absolute Gasteiger partial charge is 0.129 e. The van der Waals surface area contributed by atoms with Gasteiger partial charge in [-0.2, -0.15) is 0 Å². The molecule has 0 aromatic heterocycles. The molecule has 1 unspecified atom stereocenters. The Balaban J connectivity index is 2.31. The minimum atomic E-state index is -0.451. The first-order chi connectivity index (χ1) is 9.51. The van der Waals surface area contributed by atoms with Gasteiger partial charge in [-0.3, -0.25) is 11.3 Å². The Bertz CT molecular complexity index is 617. The van der Waals surface area contributed by atoms with E-state index in [2.05, 4.69) is 5.43 Å². The van der Waals surface area contributed by atoms with Gasteiger partial charge in [0, 0.05) is 10.6 Å². The van der Waals surface area contributed by atoms with Crippen molar-refractivity contribution in [2.45, 2.75) is 19.4 Å². The van der Waals surface area contributed by atoms with E-state index in [4.69, 9.17) is 17.4 Å². The summed E-state index contributed by atoms with van der Waals surface area (Å²) in [6.07, 6.45) is 0.388. The number of halogens is 3. The minimum absolute atomic E-state index is 0.321. The third-order valence-electron chi connectivity index (χ3n) is 3.27. The molecule has 0 aliphatic rings. The van der Waals surface area contributed by atoms with Crippen LogP contribution in [0, 0.1) is 18.6 Å². The van der Waals surface area contributed by atoms with Gasteiger partial charge in [-0.15, -0.1) is 0 Å². The second kappa shape index (κ2) is 6.31. The number of hydrogen-bond acceptors (Lipinski definition) is 2. The second-order valence-corrected chi connectivity index (χ2v) is 5.10. The molecule has 2 aromatic rings.